The van der Waals surface area contributed by atoms with Crippen LogP contribution in [0.25, 0.3) is 0 Å². The van der Waals surface area contributed by atoms with Gasteiger partial charge in [-0.25, -0.2) is 8.42 Å². The van der Waals surface area contributed by atoms with Crippen molar-refractivity contribution in [3.05, 3.63) is 23.2 Å². The van der Waals surface area contributed by atoms with Gasteiger partial charge in [-0.3, -0.25) is 4.79 Å². The second-order valence-electron chi connectivity index (χ2n) is 5.15. The molecule has 2 rings (SSSR count). The monoisotopic (exact) mass is 348 g/mol. The first-order valence-electron chi connectivity index (χ1n) is 6.64. The molecule has 1 fully saturated rings. The summed E-state index contributed by atoms with van der Waals surface area (Å²) >= 11 is 6.03. The molecule has 8 heteroatoms. The maximum absolute atomic E-state index is 12.7. The zero-order valence-corrected chi connectivity index (χ0v) is 13.7. The van der Waals surface area contributed by atoms with Gasteiger partial charge in [0.05, 0.1) is 34.3 Å². The number of hydrogen-bond acceptors (Lipinski definition) is 5. The zero-order valence-electron chi connectivity index (χ0n) is 12.2. The van der Waals surface area contributed by atoms with Gasteiger partial charge in [-0.05, 0) is 25.0 Å². The van der Waals surface area contributed by atoms with Crippen molar-refractivity contribution in [3.8, 4) is 5.75 Å². The normalized spacial score (nSPS) is 25.1. The molecule has 22 heavy (non-hydrogen) atoms. The number of hydrogen-bond donors (Lipinski definition) is 1. The van der Waals surface area contributed by atoms with Crippen LogP contribution in [0.2, 0.25) is 5.02 Å². The fraction of sp³-hybridized carbons (Fsp3) is 0.500. The number of carboxylic acids is 1. The molecule has 0 radical (unpaired) electrons. The fourth-order valence-corrected chi connectivity index (χ4v) is 5.09. The van der Waals surface area contributed by atoms with E-state index in [4.69, 9.17) is 21.1 Å². The van der Waals surface area contributed by atoms with E-state index in [1.54, 1.807) is 0 Å². The second-order valence-corrected chi connectivity index (χ2v) is 7.76. The van der Waals surface area contributed by atoms with E-state index in [0.29, 0.717) is 5.75 Å². The van der Waals surface area contributed by atoms with E-state index in [2.05, 4.69) is 0 Å². The fourth-order valence-electron chi connectivity index (χ4n) is 2.75. The van der Waals surface area contributed by atoms with Crippen molar-refractivity contribution < 1.29 is 27.8 Å². The van der Waals surface area contributed by atoms with Crippen LogP contribution >= 0.6 is 11.6 Å². The van der Waals surface area contributed by atoms with Gasteiger partial charge in [-0.2, -0.15) is 0 Å². The van der Waals surface area contributed by atoms with Gasteiger partial charge >= 0.3 is 5.97 Å². The molecule has 1 saturated carbocycles. The molecule has 3 atom stereocenters. The Balaban J connectivity index is 2.34. The molecule has 0 heterocycles. The Kier molecular flexibility index (Phi) is 4.99. The van der Waals surface area contributed by atoms with Crippen molar-refractivity contribution in [2.45, 2.75) is 29.1 Å². The van der Waals surface area contributed by atoms with Crippen molar-refractivity contribution in [3.63, 3.8) is 0 Å². The summed E-state index contributed by atoms with van der Waals surface area (Å²) in [5.74, 6) is -1.43. The molecule has 0 unspecified atom stereocenters. The van der Waals surface area contributed by atoms with Gasteiger partial charge < -0.3 is 14.6 Å². The molecule has 1 aliphatic rings. The summed E-state index contributed by atoms with van der Waals surface area (Å²) in [4.78, 5) is 11.2. The number of rotatable bonds is 5. The van der Waals surface area contributed by atoms with E-state index in [1.165, 1.54) is 32.4 Å². The third-order valence-corrected chi connectivity index (χ3v) is 6.62. The molecule has 0 aromatic heterocycles. The van der Waals surface area contributed by atoms with Gasteiger partial charge in [0.15, 0.2) is 9.84 Å². The van der Waals surface area contributed by atoms with Gasteiger partial charge in [0.25, 0.3) is 0 Å². The number of halogens is 1. The highest BCUT2D eigenvalue weighted by Gasteiger charge is 2.45. The van der Waals surface area contributed by atoms with Gasteiger partial charge in [0.1, 0.15) is 5.75 Å². The van der Waals surface area contributed by atoms with E-state index in [9.17, 15) is 18.3 Å². The predicted octanol–water partition coefficient (Wildman–Crippen LogP) is 2.00. The minimum atomic E-state index is -3.73. The number of carbonyl (C=O) groups is 1. The van der Waals surface area contributed by atoms with Gasteiger partial charge in [0, 0.05) is 13.2 Å². The maximum Gasteiger partial charge on any atom is 0.309 e. The van der Waals surface area contributed by atoms with E-state index in [1.807, 2.05) is 0 Å². The highest BCUT2D eigenvalue weighted by Crippen LogP contribution is 2.38. The molecular formula is C14H17ClO6S. The van der Waals surface area contributed by atoms with Crippen molar-refractivity contribution >= 4 is 27.4 Å². The van der Waals surface area contributed by atoms with Crippen LogP contribution in [0.5, 0.6) is 5.75 Å². The van der Waals surface area contributed by atoms with Gasteiger partial charge in [0.2, 0.25) is 0 Å². The van der Waals surface area contributed by atoms with Gasteiger partial charge in [-0.1, -0.05) is 11.6 Å². The largest absolute Gasteiger partial charge is 0.497 e. The van der Waals surface area contributed by atoms with E-state index >= 15 is 0 Å². The third kappa shape index (κ3) is 3.06. The number of methoxy groups -OCH3 is 2. The average molecular weight is 349 g/mol. The van der Waals surface area contributed by atoms with E-state index in [-0.39, 0.29) is 22.8 Å². The van der Waals surface area contributed by atoms with Crippen LogP contribution in [0.4, 0.5) is 0 Å². The Bertz CT molecular complexity index is 672. The van der Waals surface area contributed by atoms with Crippen molar-refractivity contribution in [2.75, 3.05) is 14.2 Å². The summed E-state index contributed by atoms with van der Waals surface area (Å²) in [6, 6.07) is 4.31. The first-order chi connectivity index (χ1) is 10.3. The molecule has 0 saturated heterocycles. The highest BCUT2D eigenvalue weighted by molar-refractivity contribution is 7.92. The quantitative estimate of drug-likeness (QED) is 0.875. The van der Waals surface area contributed by atoms with Crippen molar-refractivity contribution in [1.82, 2.24) is 0 Å². The van der Waals surface area contributed by atoms with Crippen LogP contribution in [0, 0.1) is 5.92 Å². The van der Waals surface area contributed by atoms with Crippen LogP contribution in [-0.4, -0.2) is 45.1 Å². The average Bonchev–Trinajstić information content (AvgIpc) is 2.92. The molecule has 0 spiro atoms. The van der Waals surface area contributed by atoms with Crippen LogP contribution in [0.3, 0.4) is 0 Å². The highest BCUT2D eigenvalue weighted by atomic mass is 35.5. The van der Waals surface area contributed by atoms with Crippen LogP contribution in [0.15, 0.2) is 23.1 Å². The van der Waals surface area contributed by atoms with Crippen molar-refractivity contribution in [1.29, 1.82) is 0 Å². The van der Waals surface area contributed by atoms with Crippen LogP contribution < -0.4 is 4.74 Å². The molecule has 0 bridgehead atoms. The first-order valence-corrected chi connectivity index (χ1v) is 8.56. The lowest BCUT2D eigenvalue weighted by Crippen LogP contribution is -2.24. The lowest BCUT2D eigenvalue weighted by Gasteiger charge is -2.13. The molecule has 1 aliphatic carbocycles. The molecule has 0 aliphatic heterocycles. The lowest BCUT2D eigenvalue weighted by atomic mass is 10.1. The Morgan fingerprint density at radius 3 is 2.45 bits per heavy atom. The third-order valence-electron chi connectivity index (χ3n) is 3.97. The number of benzene rings is 1. The first kappa shape index (κ1) is 17.1. The Hall–Kier alpha value is -1.31. The molecule has 1 N–H and O–H groups in total. The number of aliphatic carboxylic acids is 1. The van der Waals surface area contributed by atoms with E-state index < -0.39 is 33.1 Å². The van der Waals surface area contributed by atoms with Crippen LogP contribution in [0.1, 0.15) is 12.8 Å². The molecule has 0 amide bonds. The predicted molar refractivity (Wildman–Crippen MR) is 80.1 cm³/mol. The second kappa shape index (κ2) is 6.44. The SMILES string of the molecule is COc1ccc(S(=O)(=O)[C@H]2C[C@@H](OC)[C@H](C(=O)O)C2)c(Cl)c1. The van der Waals surface area contributed by atoms with E-state index in [0.717, 1.165) is 0 Å². The smallest absolute Gasteiger partial charge is 0.309 e. The standard InChI is InChI=1S/C14H17ClO6S/c1-20-8-3-4-13(11(15)5-8)22(18,19)9-6-10(14(16)17)12(7-9)21-2/h3-5,9-10,12H,6-7H2,1-2H3,(H,16,17)/t9-,10-,12-/m1/s1. The molecule has 6 nitrogen and oxygen atoms in total. The number of carboxylic acid groups (broad SMARTS) is 1. The molecule has 1 aromatic carbocycles. The maximum atomic E-state index is 12.7. The minimum Gasteiger partial charge on any atom is -0.497 e. The molecule has 122 valence electrons. The summed E-state index contributed by atoms with van der Waals surface area (Å²) in [6.07, 6.45) is -0.467. The summed E-state index contributed by atoms with van der Waals surface area (Å²) in [5.41, 5.74) is 0. The Morgan fingerprint density at radius 2 is 2.00 bits per heavy atom. The lowest BCUT2D eigenvalue weighted by molar-refractivity contribution is -0.145. The Morgan fingerprint density at radius 1 is 1.32 bits per heavy atom. The number of ether oxygens (including phenoxy) is 2. The number of sulfone groups is 1. The van der Waals surface area contributed by atoms with Gasteiger partial charge in [-0.15, -0.1) is 0 Å². The topological polar surface area (TPSA) is 89.9 Å². The molecule has 1 aromatic rings. The van der Waals surface area contributed by atoms with Crippen LogP contribution in [-0.2, 0) is 19.4 Å². The van der Waals surface area contributed by atoms with Crippen molar-refractivity contribution in [2.24, 2.45) is 5.92 Å². The summed E-state index contributed by atoms with van der Waals surface area (Å²) in [5, 5.41) is 8.41. The minimum absolute atomic E-state index is 0.0124. The molecular weight excluding hydrogens is 332 g/mol. The summed E-state index contributed by atoms with van der Waals surface area (Å²) in [7, 11) is -0.894. The summed E-state index contributed by atoms with van der Waals surface area (Å²) < 4.78 is 35.5. The Labute approximate surface area is 133 Å². The summed E-state index contributed by atoms with van der Waals surface area (Å²) in [6.45, 7) is 0. The zero-order chi connectivity index (χ0) is 16.5.